The molecular formula is C10H19NO2. The summed E-state index contributed by atoms with van der Waals surface area (Å²) in [6, 6.07) is 0. The Balaban J connectivity index is 2.13. The predicted octanol–water partition coefficient (Wildman–Crippen LogP) is 0.920. The van der Waals surface area contributed by atoms with Crippen LogP contribution in [-0.4, -0.2) is 23.7 Å². The molecule has 0 bridgehead atoms. The number of carbonyl (C=O) groups excluding carboxylic acids is 1. The first-order valence-corrected chi connectivity index (χ1v) is 5.11. The van der Waals surface area contributed by atoms with Crippen LogP contribution in [0.2, 0.25) is 0 Å². The average molecular weight is 185 g/mol. The minimum absolute atomic E-state index is 0.0576. The molecule has 1 amide bonds. The summed E-state index contributed by atoms with van der Waals surface area (Å²) in [6.07, 6.45) is 2.75. The van der Waals surface area contributed by atoms with Gasteiger partial charge in [0.15, 0.2) is 0 Å². The Morgan fingerprint density at radius 1 is 1.62 bits per heavy atom. The second kappa shape index (κ2) is 4.61. The number of hydrogen-bond donors (Lipinski definition) is 2. The van der Waals surface area contributed by atoms with E-state index in [2.05, 4.69) is 5.32 Å². The third kappa shape index (κ3) is 3.35. The molecule has 2 atom stereocenters. The van der Waals surface area contributed by atoms with E-state index in [0.29, 0.717) is 12.5 Å². The van der Waals surface area contributed by atoms with Gasteiger partial charge in [-0.25, -0.2) is 0 Å². The molecule has 0 aromatic rings. The summed E-state index contributed by atoms with van der Waals surface area (Å²) < 4.78 is 0. The zero-order chi connectivity index (χ0) is 9.84. The molecule has 0 aromatic heterocycles. The summed E-state index contributed by atoms with van der Waals surface area (Å²) in [5, 5.41) is 12.2. The van der Waals surface area contributed by atoms with Crippen LogP contribution in [-0.2, 0) is 4.79 Å². The van der Waals surface area contributed by atoms with E-state index in [9.17, 15) is 9.90 Å². The van der Waals surface area contributed by atoms with Crippen molar-refractivity contribution in [1.82, 2.24) is 5.32 Å². The number of rotatable bonds is 5. The molecule has 1 aliphatic rings. The fourth-order valence-corrected chi connectivity index (χ4v) is 1.21. The van der Waals surface area contributed by atoms with Gasteiger partial charge in [0.1, 0.15) is 0 Å². The Kier molecular flexibility index (Phi) is 3.72. The maximum Gasteiger partial charge on any atom is 0.222 e. The van der Waals surface area contributed by atoms with Gasteiger partial charge in [-0.1, -0.05) is 13.8 Å². The summed E-state index contributed by atoms with van der Waals surface area (Å²) >= 11 is 0. The lowest BCUT2D eigenvalue weighted by molar-refractivity contribution is -0.125. The normalized spacial score (nSPS) is 20.8. The van der Waals surface area contributed by atoms with Gasteiger partial charge in [0.05, 0.1) is 6.10 Å². The molecule has 1 rings (SSSR count). The molecule has 0 radical (unpaired) electrons. The van der Waals surface area contributed by atoms with E-state index in [1.54, 1.807) is 0 Å². The van der Waals surface area contributed by atoms with Crippen LogP contribution in [0.4, 0.5) is 0 Å². The Morgan fingerprint density at radius 3 is 2.69 bits per heavy atom. The number of carbonyl (C=O) groups is 1. The highest BCUT2D eigenvalue weighted by molar-refractivity contribution is 5.78. The van der Waals surface area contributed by atoms with Gasteiger partial charge in [0.25, 0.3) is 0 Å². The summed E-state index contributed by atoms with van der Waals surface area (Å²) in [6.45, 7) is 4.31. The maximum atomic E-state index is 11.3. The molecule has 2 unspecified atom stereocenters. The van der Waals surface area contributed by atoms with Crippen LogP contribution in [0.1, 0.15) is 33.1 Å². The van der Waals surface area contributed by atoms with Crippen molar-refractivity contribution in [1.29, 1.82) is 0 Å². The highest BCUT2D eigenvalue weighted by Crippen LogP contribution is 2.32. The van der Waals surface area contributed by atoms with Crippen LogP contribution in [0.15, 0.2) is 0 Å². The fourth-order valence-electron chi connectivity index (χ4n) is 1.21. The van der Waals surface area contributed by atoms with Crippen molar-refractivity contribution in [3.63, 3.8) is 0 Å². The van der Waals surface area contributed by atoms with E-state index >= 15 is 0 Å². The summed E-state index contributed by atoms with van der Waals surface area (Å²) in [7, 11) is 0. The minimum Gasteiger partial charge on any atom is -0.391 e. The van der Waals surface area contributed by atoms with E-state index in [-0.39, 0.29) is 17.9 Å². The number of amides is 1. The lowest BCUT2D eigenvalue weighted by Gasteiger charge is -2.13. The fraction of sp³-hybridized carbons (Fsp3) is 0.900. The first kappa shape index (κ1) is 10.5. The van der Waals surface area contributed by atoms with Gasteiger partial charge < -0.3 is 10.4 Å². The van der Waals surface area contributed by atoms with Gasteiger partial charge >= 0.3 is 0 Å². The number of nitrogens with one attached hydrogen (secondary N) is 1. The summed E-state index contributed by atoms with van der Waals surface area (Å²) in [5.41, 5.74) is 0. The van der Waals surface area contributed by atoms with Crippen molar-refractivity contribution in [2.45, 2.75) is 39.2 Å². The molecule has 0 spiro atoms. The average Bonchev–Trinajstić information content (AvgIpc) is 2.95. The van der Waals surface area contributed by atoms with Gasteiger partial charge in [-0.15, -0.1) is 0 Å². The smallest absolute Gasteiger partial charge is 0.222 e. The zero-order valence-electron chi connectivity index (χ0n) is 8.42. The topological polar surface area (TPSA) is 49.3 Å². The standard InChI is InChI=1S/C10H19NO2/c1-3-7(2)10(13)11-6-9(12)8-4-5-8/h7-9,12H,3-6H2,1-2H3,(H,11,13). The van der Waals surface area contributed by atoms with Crippen molar-refractivity contribution >= 4 is 5.91 Å². The lowest BCUT2D eigenvalue weighted by atomic mass is 10.1. The molecule has 3 nitrogen and oxygen atoms in total. The van der Waals surface area contributed by atoms with E-state index in [1.165, 1.54) is 0 Å². The molecule has 1 fully saturated rings. The second-order valence-corrected chi connectivity index (χ2v) is 3.96. The van der Waals surface area contributed by atoms with Crippen molar-refractivity contribution in [2.24, 2.45) is 11.8 Å². The number of hydrogen-bond acceptors (Lipinski definition) is 2. The summed E-state index contributed by atoms with van der Waals surface area (Å²) in [4.78, 5) is 11.3. The Bertz CT molecular complexity index is 178. The second-order valence-electron chi connectivity index (χ2n) is 3.96. The van der Waals surface area contributed by atoms with Crippen LogP contribution in [0.5, 0.6) is 0 Å². The highest BCUT2D eigenvalue weighted by atomic mass is 16.3. The molecule has 1 saturated carbocycles. The third-order valence-corrected chi connectivity index (χ3v) is 2.71. The third-order valence-electron chi connectivity index (χ3n) is 2.71. The maximum absolute atomic E-state index is 11.3. The predicted molar refractivity (Wildman–Crippen MR) is 51.2 cm³/mol. The van der Waals surface area contributed by atoms with Crippen molar-refractivity contribution in [3.8, 4) is 0 Å². The quantitative estimate of drug-likeness (QED) is 0.669. The highest BCUT2D eigenvalue weighted by Gasteiger charge is 2.29. The van der Waals surface area contributed by atoms with Gasteiger partial charge in [-0.05, 0) is 25.2 Å². The van der Waals surface area contributed by atoms with Crippen molar-refractivity contribution in [2.75, 3.05) is 6.54 Å². The van der Waals surface area contributed by atoms with E-state index in [0.717, 1.165) is 19.3 Å². The minimum atomic E-state index is -0.326. The first-order valence-electron chi connectivity index (χ1n) is 5.11. The van der Waals surface area contributed by atoms with E-state index in [4.69, 9.17) is 0 Å². The van der Waals surface area contributed by atoms with Crippen molar-refractivity contribution < 1.29 is 9.90 Å². The molecule has 76 valence electrons. The van der Waals surface area contributed by atoms with Crippen LogP contribution in [0, 0.1) is 11.8 Å². The van der Waals surface area contributed by atoms with Gasteiger partial charge in [0.2, 0.25) is 5.91 Å². The molecule has 0 saturated heterocycles. The monoisotopic (exact) mass is 185 g/mol. The van der Waals surface area contributed by atoms with Gasteiger partial charge in [-0.3, -0.25) is 4.79 Å². The molecule has 3 heteroatoms. The number of aliphatic hydroxyl groups excluding tert-OH is 1. The van der Waals surface area contributed by atoms with Crippen LogP contribution >= 0.6 is 0 Å². The molecule has 13 heavy (non-hydrogen) atoms. The molecule has 2 N–H and O–H groups in total. The van der Waals surface area contributed by atoms with Crippen LogP contribution in [0.25, 0.3) is 0 Å². The zero-order valence-corrected chi connectivity index (χ0v) is 8.42. The molecule has 0 aliphatic heterocycles. The first-order chi connectivity index (χ1) is 6.15. The Labute approximate surface area is 79.5 Å². The van der Waals surface area contributed by atoms with E-state index < -0.39 is 0 Å². The van der Waals surface area contributed by atoms with Crippen LogP contribution < -0.4 is 5.32 Å². The van der Waals surface area contributed by atoms with Crippen molar-refractivity contribution in [3.05, 3.63) is 0 Å². The van der Waals surface area contributed by atoms with Crippen LogP contribution in [0.3, 0.4) is 0 Å². The SMILES string of the molecule is CCC(C)C(=O)NCC(O)C1CC1. The Hall–Kier alpha value is -0.570. The largest absolute Gasteiger partial charge is 0.391 e. The lowest BCUT2D eigenvalue weighted by Crippen LogP contribution is -2.36. The molecular weight excluding hydrogens is 166 g/mol. The number of aliphatic hydroxyl groups is 1. The molecule has 0 aromatic carbocycles. The molecule has 1 aliphatic carbocycles. The van der Waals surface area contributed by atoms with Gasteiger partial charge in [-0.2, -0.15) is 0 Å². The Morgan fingerprint density at radius 2 is 2.23 bits per heavy atom. The van der Waals surface area contributed by atoms with Gasteiger partial charge in [0, 0.05) is 12.5 Å². The molecule has 0 heterocycles. The summed E-state index contributed by atoms with van der Waals surface area (Å²) in [5.74, 6) is 0.561. The van der Waals surface area contributed by atoms with E-state index in [1.807, 2.05) is 13.8 Å².